The van der Waals surface area contributed by atoms with Gasteiger partial charge in [-0.2, -0.15) is 13.2 Å². The molecule has 16 heavy (non-hydrogen) atoms. The Kier molecular flexibility index (Phi) is 3.71. The first-order valence-electron chi connectivity index (χ1n) is 3.57. The van der Waals surface area contributed by atoms with Gasteiger partial charge >= 0.3 is 12.1 Å². The first-order valence-corrected chi connectivity index (χ1v) is 4.74. The predicted molar refractivity (Wildman–Crippen MR) is 52.5 cm³/mol. The second-order valence-corrected chi connectivity index (χ2v) is 3.65. The Morgan fingerprint density at radius 3 is 2.56 bits per heavy atom. The van der Waals surface area contributed by atoms with Crippen LogP contribution in [-0.2, 0) is 4.79 Å². The van der Waals surface area contributed by atoms with E-state index in [4.69, 9.17) is 17.4 Å². The van der Waals surface area contributed by atoms with Gasteiger partial charge in [-0.05, 0) is 15.9 Å². The van der Waals surface area contributed by atoms with Crippen molar-refractivity contribution in [3.05, 3.63) is 16.0 Å². The van der Waals surface area contributed by atoms with Gasteiger partial charge in [0.1, 0.15) is 4.60 Å². The van der Waals surface area contributed by atoms with Crippen molar-refractivity contribution in [2.75, 3.05) is 5.01 Å². The normalized spacial score (nSPS) is 11.4. The van der Waals surface area contributed by atoms with Gasteiger partial charge in [0.15, 0.2) is 11.0 Å². The van der Waals surface area contributed by atoms with E-state index in [0.717, 1.165) is 6.20 Å². The lowest BCUT2D eigenvalue weighted by Gasteiger charge is -2.17. The molecule has 1 aromatic heterocycles. The molecule has 0 unspecified atom stereocenters. The minimum Gasteiger partial charge on any atom is -0.262 e. The van der Waals surface area contributed by atoms with Crippen LogP contribution in [0.5, 0.6) is 0 Å². The third-order valence-electron chi connectivity index (χ3n) is 1.37. The number of carbonyl (C=O) groups excluding carboxylic acids is 1. The zero-order chi connectivity index (χ0) is 12.5. The quantitative estimate of drug-likeness (QED) is 0.485. The molecule has 10 heteroatoms. The van der Waals surface area contributed by atoms with Crippen LogP contribution in [-0.4, -0.2) is 22.1 Å². The molecule has 0 aliphatic rings. The standard InChI is InChI=1S/C6H3BrClF3N4O/c7-2-1-13-4(3(8)14-2)15(12)5(16)6(9,10)11/h1H,12H2. The summed E-state index contributed by atoms with van der Waals surface area (Å²) in [5, 5.41) is -0.628. The van der Waals surface area contributed by atoms with Crippen molar-refractivity contribution in [1.82, 2.24) is 9.97 Å². The number of carbonyl (C=O) groups is 1. The average molecular weight is 319 g/mol. The highest BCUT2D eigenvalue weighted by molar-refractivity contribution is 9.10. The molecule has 0 atom stereocenters. The molecule has 1 aromatic rings. The highest BCUT2D eigenvalue weighted by Crippen LogP contribution is 2.25. The van der Waals surface area contributed by atoms with E-state index in [0.29, 0.717) is 0 Å². The monoisotopic (exact) mass is 318 g/mol. The summed E-state index contributed by atoms with van der Waals surface area (Å²) < 4.78 is 36.3. The number of nitrogens with zero attached hydrogens (tertiary/aromatic N) is 3. The lowest BCUT2D eigenvalue weighted by Crippen LogP contribution is -2.46. The topological polar surface area (TPSA) is 72.1 Å². The number of anilines is 1. The Balaban J connectivity index is 3.06. The largest absolute Gasteiger partial charge is 0.473 e. The molecule has 0 saturated heterocycles. The molecule has 0 saturated carbocycles. The summed E-state index contributed by atoms with van der Waals surface area (Å²) in [6, 6.07) is 0. The maximum atomic E-state index is 12.0. The molecule has 1 rings (SSSR count). The fourth-order valence-electron chi connectivity index (χ4n) is 0.735. The fraction of sp³-hybridized carbons (Fsp3) is 0.167. The van der Waals surface area contributed by atoms with E-state index in [-0.39, 0.29) is 9.61 Å². The van der Waals surface area contributed by atoms with Crippen LogP contribution in [0, 0.1) is 0 Å². The Labute approximate surface area is 100 Å². The molecule has 0 aliphatic heterocycles. The average Bonchev–Trinajstić information content (AvgIpc) is 2.14. The van der Waals surface area contributed by atoms with Crippen LogP contribution in [0.4, 0.5) is 19.0 Å². The Bertz CT molecular complexity index is 427. The molecule has 0 aliphatic carbocycles. The van der Waals surface area contributed by atoms with E-state index >= 15 is 0 Å². The number of hydrogen-bond donors (Lipinski definition) is 1. The third-order valence-corrected chi connectivity index (χ3v) is 2.01. The summed E-state index contributed by atoms with van der Waals surface area (Å²) in [4.78, 5) is 17.7. The second kappa shape index (κ2) is 4.52. The Hall–Kier alpha value is -0.930. The van der Waals surface area contributed by atoms with Crippen molar-refractivity contribution in [3.63, 3.8) is 0 Å². The van der Waals surface area contributed by atoms with Gasteiger partial charge in [0.25, 0.3) is 0 Å². The number of rotatable bonds is 1. The molecular weight excluding hydrogens is 316 g/mol. The van der Waals surface area contributed by atoms with E-state index < -0.39 is 23.1 Å². The molecule has 0 aromatic carbocycles. The van der Waals surface area contributed by atoms with Gasteiger partial charge in [0.2, 0.25) is 0 Å². The zero-order valence-electron chi connectivity index (χ0n) is 7.29. The van der Waals surface area contributed by atoms with E-state index in [1.165, 1.54) is 0 Å². The van der Waals surface area contributed by atoms with Crippen molar-refractivity contribution >= 4 is 39.3 Å². The van der Waals surface area contributed by atoms with Crippen LogP contribution in [0.3, 0.4) is 0 Å². The highest BCUT2D eigenvalue weighted by atomic mass is 79.9. The van der Waals surface area contributed by atoms with Crippen molar-refractivity contribution in [2.24, 2.45) is 5.84 Å². The maximum Gasteiger partial charge on any atom is 0.473 e. The summed E-state index contributed by atoms with van der Waals surface area (Å²) in [7, 11) is 0. The minimum atomic E-state index is -5.10. The van der Waals surface area contributed by atoms with Crippen molar-refractivity contribution in [1.29, 1.82) is 0 Å². The summed E-state index contributed by atoms with van der Waals surface area (Å²) in [5.41, 5.74) is 0. The van der Waals surface area contributed by atoms with Crippen LogP contribution in [0.15, 0.2) is 10.8 Å². The van der Waals surface area contributed by atoms with E-state index in [1.807, 2.05) is 0 Å². The van der Waals surface area contributed by atoms with Crippen LogP contribution in [0.2, 0.25) is 5.15 Å². The number of nitrogens with two attached hydrogens (primary N) is 1. The summed E-state index contributed by atoms with van der Waals surface area (Å²) >= 11 is 8.37. The molecule has 2 N–H and O–H groups in total. The number of amides is 1. The van der Waals surface area contributed by atoms with Gasteiger partial charge in [-0.1, -0.05) is 11.6 Å². The molecule has 88 valence electrons. The number of halogens is 5. The van der Waals surface area contributed by atoms with E-state index in [2.05, 4.69) is 25.9 Å². The summed E-state index contributed by atoms with van der Waals surface area (Å²) in [6.45, 7) is 0. The number of aromatic nitrogens is 2. The zero-order valence-corrected chi connectivity index (χ0v) is 9.64. The molecule has 1 amide bonds. The van der Waals surface area contributed by atoms with Crippen molar-refractivity contribution in [3.8, 4) is 0 Å². The van der Waals surface area contributed by atoms with Gasteiger partial charge in [0, 0.05) is 0 Å². The van der Waals surface area contributed by atoms with Crippen LogP contribution < -0.4 is 10.9 Å². The third kappa shape index (κ3) is 2.80. The first kappa shape index (κ1) is 13.1. The first-order chi connectivity index (χ1) is 7.23. The van der Waals surface area contributed by atoms with Crippen molar-refractivity contribution in [2.45, 2.75) is 6.18 Å². The Morgan fingerprint density at radius 2 is 2.12 bits per heavy atom. The SMILES string of the molecule is NN(C(=O)C(F)(F)F)c1ncc(Br)nc1Cl. The lowest BCUT2D eigenvalue weighted by atomic mass is 10.5. The van der Waals surface area contributed by atoms with Gasteiger partial charge in [-0.15, -0.1) is 0 Å². The van der Waals surface area contributed by atoms with Crippen molar-refractivity contribution < 1.29 is 18.0 Å². The number of hydrogen-bond acceptors (Lipinski definition) is 4. The molecule has 0 spiro atoms. The maximum absolute atomic E-state index is 12.0. The molecule has 0 fully saturated rings. The van der Waals surface area contributed by atoms with Gasteiger partial charge in [-0.3, -0.25) is 4.79 Å². The number of hydrazine groups is 1. The molecule has 0 bridgehead atoms. The molecular formula is C6H3BrClF3N4O. The number of alkyl halides is 3. The lowest BCUT2D eigenvalue weighted by molar-refractivity contribution is -0.170. The van der Waals surface area contributed by atoms with Crippen LogP contribution in [0.25, 0.3) is 0 Å². The van der Waals surface area contributed by atoms with Crippen LogP contribution >= 0.6 is 27.5 Å². The van der Waals surface area contributed by atoms with Gasteiger partial charge in [0.05, 0.1) is 6.20 Å². The van der Waals surface area contributed by atoms with Gasteiger partial charge in [-0.25, -0.2) is 20.8 Å². The second-order valence-electron chi connectivity index (χ2n) is 2.48. The van der Waals surface area contributed by atoms with E-state index in [9.17, 15) is 18.0 Å². The Morgan fingerprint density at radius 1 is 1.56 bits per heavy atom. The highest BCUT2D eigenvalue weighted by Gasteiger charge is 2.43. The molecule has 5 nitrogen and oxygen atoms in total. The smallest absolute Gasteiger partial charge is 0.262 e. The molecule has 1 heterocycles. The van der Waals surface area contributed by atoms with Crippen LogP contribution in [0.1, 0.15) is 0 Å². The molecule has 0 radical (unpaired) electrons. The predicted octanol–water partition coefficient (Wildman–Crippen LogP) is 1.66. The van der Waals surface area contributed by atoms with E-state index in [1.54, 1.807) is 0 Å². The summed E-state index contributed by atoms with van der Waals surface area (Å²) in [6.07, 6.45) is -4.04. The fourth-order valence-corrected chi connectivity index (χ4v) is 1.35. The minimum absolute atomic E-state index is 0.203. The van der Waals surface area contributed by atoms with Gasteiger partial charge < -0.3 is 0 Å². The summed E-state index contributed by atoms with van der Waals surface area (Å²) in [5.74, 6) is 2.07.